The minimum Gasteiger partial charge on any atom is -0.481 e. The van der Waals surface area contributed by atoms with E-state index in [1.807, 2.05) is 0 Å². The predicted octanol–water partition coefficient (Wildman–Crippen LogP) is 5.16. The summed E-state index contributed by atoms with van der Waals surface area (Å²) in [5, 5.41) is 8.83. The highest BCUT2D eigenvalue weighted by atomic mass is 16.4. The highest BCUT2D eigenvalue weighted by molar-refractivity contribution is 6.04. The van der Waals surface area contributed by atoms with Crippen LogP contribution in [0.5, 0.6) is 0 Å². The van der Waals surface area contributed by atoms with Gasteiger partial charge < -0.3 is 14.9 Å². The van der Waals surface area contributed by atoms with Gasteiger partial charge in [0.15, 0.2) is 5.71 Å². The summed E-state index contributed by atoms with van der Waals surface area (Å²) in [6.45, 7) is 3.84. The maximum absolute atomic E-state index is 10.7. The molecule has 4 rings (SSSR count). The van der Waals surface area contributed by atoms with Crippen LogP contribution in [-0.4, -0.2) is 87.2 Å². The molecule has 1 aliphatic heterocycles. The SMILES string of the molecule is [2H]C1=CC(=C(c2cc([2H])c(N(C)C)c([2H])c2)c2cc([2H])c(N3CCN(CCCCCC(=O)O)CC3)c([2H])c2)C=C([2H])C1=[N+](C)C. The third kappa shape index (κ3) is 7.70. The number of aliphatic carboxylic acids is 1. The second-order valence-corrected chi connectivity index (χ2v) is 10.3. The summed E-state index contributed by atoms with van der Waals surface area (Å²) in [5.74, 6) is -0.759. The van der Waals surface area contributed by atoms with Crippen LogP contribution in [0.15, 0.2) is 78.3 Å². The van der Waals surface area contributed by atoms with Crippen LogP contribution in [-0.2, 0) is 4.79 Å². The van der Waals surface area contributed by atoms with E-state index < -0.39 is 5.97 Å². The van der Waals surface area contributed by atoms with Gasteiger partial charge in [-0.15, -0.1) is 0 Å². The van der Waals surface area contributed by atoms with Gasteiger partial charge >= 0.3 is 5.97 Å². The van der Waals surface area contributed by atoms with Gasteiger partial charge in [-0.3, -0.25) is 9.69 Å². The average Bonchev–Trinajstić information content (AvgIpc) is 2.92. The van der Waals surface area contributed by atoms with Gasteiger partial charge in [0, 0.05) is 70.2 Å². The Bertz CT molecular complexity index is 1520. The quantitative estimate of drug-likeness (QED) is 0.338. The summed E-state index contributed by atoms with van der Waals surface area (Å²) in [7, 11) is 7.14. The average molecular weight is 534 g/mol. The fraction of sp³-hybridized carbons (Fsp3) is 0.394. The Labute approximate surface area is 242 Å². The van der Waals surface area contributed by atoms with E-state index in [4.69, 9.17) is 13.3 Å². The topological polar surface area (TPSA) is 50.0 Å². The second-order valence-electron chi connectivity index (χ2n) is 10.3. The molecule has 1 heterocycles. The largest absolute Gasteiger partial charge is 0.481 e. The van der Waals surface area contributed by atoms with Crippen molar-refractivity contribution < 1.29 is 22.7 Å². The number of rotatable bonds is 10. The molecule has 0 bridgehead atoms. The van der Waals surface area contributed by atoms with Crippen molar-refractivity contribution in [1.82, 2.24) is 4.90 Å². The number of hydrogen-bond donors (Lipinski definition) is 1. The fourth-order valence-electron chi connectivity index (χ4n) is 4.74. The monoisotopic (exact) mass is 533 g/mol. The van der Waals surface area contributed by atoms with Gasteiger partial charge in [0.25, 0.3) is 0 Å². The smallest absolute Gasteiger partial charge is 0.303 e. The molecule has 1 aliphatic carbocycles. The van der Waals surface area contributed by atoms with Crippen LogP contribution >= 0.6 is 0 Å². The van der Waals surface area contributed by atoms with Crippen molar-refractivity contribution in [3.63, 3.8) is 0 Å². The number of carboxylic acids is 1. The first-order chi connectivity index (χ1) is 21.3. The number of allylic oxidation sites excluding steroid dienone is 5. The zero-order valence-corrected chi connectivity index (χ0v) is 23.5. The van der Waals surface area contributed by atoms with Crippen LogP contribution in [0.1, 0.15) is 45.0 Å². The molecule has 0 amide bonds. The Morgan fingerprint density at radius 2 is 1.51 bits per heavy atom. The van der Waals surface area contributed by atoms with Gasteiger partial charge in [-0.25, -0.2) is 4.58 Å². The lowest BCUT2D eigenvalue weighted by Gasteiger charge is -2.36. The molecule has 2 aromatic carbocycles. The first kappa shape index (κ1) is 21.2. The molecule has 0 aromatic heterocycles. The normalized spacial score (nSPS) is 18.2. The third-order valence-corrected chi connectivity index (χ3v) is 7.00. The van der Waals surface area contributed by atoms with Crippen LogP contribution < -0.4 is 9.80 Å². The Morgan fingerprint density at radius 1 is 0.923 bits per heavy atom. The van der Waals surface area contributed by atoms with E-state index in [-0.39, 0.29) is 42.7 Å². The molecule has 0 unspecified atom stereocenters. The molecule has 0 radical (unpaired) electrons. The Hall–Kier alpha value is -3.64. The lowest BCUT2D eigenvalue weighted by atomic mass is 9.90. The molecular formula is C33H43N4O2+. The van der Waals surface area contributed by atoms with Gasteiger partial charge in [0.1, 0.15) is 14.1 Å². The highest BCUT2D eigenvalue weighted by Crippen LogP contribution is 2.32. The van der Waals surface area contributed by atoms with E-state index in [1.165, 1.54) is 0 Å². The van der Waals surface area contributed by atoms with Crippen molar-refractivity contribution in [2.75, 3.05) is 70.7 Å². The molecule has 1 N–H and O–H groups in total. The zero-order chi connectivity index (χ0) is 33.0. The number of piperazine rings is 1. The van der Waals surface area contributed by atoms with Crippen molar-refractivity contribution in [2.24, 2.45) is 0 Å². The highest BCUT2D eigenvalue weighted by Gasteiger charge is 2.18. The van der Waals surface area contributed by atoms with Crippen LogP contribution in [0.3, 0.4) is 0 Å². The second kappa shape index (κ2) is 13.4. The summed E-state index contributed by atoms with van der Waals surface area (Å²) >= 11 is 0. The summed E-state index contributed by atoms with van der Waals surface area (Å²) < 4.78 is 54.4. The van der Waals surface area contributed by atoms with Crippen molar-refractivity contribution in [3.8, 4) is 0 Å². The molecule has 39 heavy (non-hydrogen) atoms. The van der Waals surface area contributed by atoms with Crippen molar-refractivity contribution in [2.45, 2.75) is 25.7 Å². The number of carbonyl (C=O) groups is 1. The first-order valence-electron chi connectivity index (χ1n) is 16.5. The number of benzene rings is 2. The maximum Gasteiger partial charge on any atom is 0.303 e. The first-order valence-corrected chi connectivity index (χ1v) is 13.5. The third-order valence-electron chi connectivity index (χ3n) is 7.00. The van der Waals surface area contributed by atoms with E-state index >= 15 is 0 Å². The van der Waals surface area contributed by atoms with Gasteiger partial charge in [-0.05, 0) is 78.0 Å². The summed E-state index contributed by atoms with van der Waals surface area (Å²) in [5.41, 5.74) is 3.72. The molecule has 0 saturated carbocycles. The molecule has 0 atom stereocenters. The molecule has 6 heteroatoms. The molecule has 206 valence electrons. The van der Waals surface area contributed by atoms with Crippen molar-refractivity contribution >= 4 is 28.6 Å². The Kier molecular flexibility index (Phi) is 7.31. The molecule has 1 saturated heterocycles. The molecule has 1 fully saturated rings. The maximum atomic E-state index is 10.7. The Balaban J connectivity index is 1.69. The number of nitrogens with zero attached hydrogens (tertiary/aromatic N) is 4. The van der Waals surface area contributed by atoms with E-state index in [9.17, 15) is 4.79 Å². The lowest BCUT2D eigenvalue weighted by Crippen LogP contribution is -2.46. The van der Waals surface area contributed by atoms with Crippen molar-refractivity contribution in [1.29, 1.82) is 0 Å². The van der Waals surface area contributed by atoms with Crippen LogP contribution in [0.25, 0.3) is 5.57 Å². The number of anilines is 2. The number of carboxylic acid groups (broad SMARTS) is 1. The van der Waals surface area contributed by atoms with Gasteiger partial charge in [0.05, 0.1) is 8.22 Å². The predicted molar refractivity (Wildman–Crippen MR) is 163 cm³/mol. The van der Waals surface area contributed by atoms with Gasteiger partial charge in [-0.2, -0.15) is 0 Å². The van der Waals surface area contributed by atoms with Crippen LogP contribution in [0, 0.1) is 0 Å². The van der Waals surface area contributed by atoms with E-state index in [0.717, 1.165) is 32.5 Å². The standard InChI is InChI=1S/C33H42N4O2/c1-34(2)29-15-9-26(10-16-29)33(27-11-17-30(18-12-27)35(3)4)28-13-19-31(20-14-28)37-24-22-36(23-25-37)21-7-5-6-8-32(38)39/h9-20H,5-8,21-25H2,1-4H3/p+1/i15D,16D,17D,18D,19D,20D. The summed E-state index contributed by atoms with van der Waals surface area (Å²) in [4.78, 5) is 16.9. The van der Waals surface area contributed by atoms with Gasteiger partial charge in [-0.1, -0.05) is 30.7 Å². The minimum absolute atomic E-state index is 0.163. The number of hydrogen-bond acceptors (Lipinski definition) is 4. The van der Waals surface area contributed by atoms with Gasteiger partial charge in [0.2, 0.25) is 0 Å². The Morgan fingerprint density at radius 3 is 2.05 bits per heavy atom. The summed E-state index contributed by atoms with van der Waals surface area (Å²) in [6.07, 6.45) is 6.04. The summed E-state index contributed by atoms with van der Waals surface area (Å²) in [6, 6.07) is 7.78. The van der Waals surface area contributed by atoms with Crippen molar-refractivity contribution in [3.05, 3.63) is 89.4 Å². The minimum atomic E-state index is -0.759. The molecule has 2 aromatic rings. The molecular weight excluding hydrogens is 484 g/mol. The fourth-order valence-corrected chi connectivity index (χ4v) is 4.74. The van der Waals surface area contributed by atoms with Crippen LogP contribution in [0.4, 0.5) is 11.4 Å². The lowest BCUT2D eigenvalue weighted by molar-refractivity contribution is -0.462. The van der Waals surface area contributed by atoms with E-state index in [2.05, 4.69) is 9.80 Å². The van der Waals surface area contributed by atoms with Crippen LogP contribution in [0.2, 0.25) is 0 Å². The van der Waals surface area contributed by atoms with E-state index in [0.29, 0.717) is 58.9 Å². The van der Waals surface area contributed by atoms with E-state index in [1.54, 1.807) is 74.1 Å². The number of unbranched alkanes of at least 4 members (excludes halogenated alkanes) is 2. The molecule has 0 spiro atoms. The molecule has 2 aliphatic rings. The zero-order valence-electron chi connectivity index (χ0n) is 29.5. The molecule has 6 nitrogen and oxygen atoms in total.